The number of carbonyl (C=O) groups excluding carboxylic acids is 1. The van der Waals surface area contributed by atoms with E-state index in [-0.39, 0.29) is 30.6 Å². The number of amides is 1. The van der Waals surface area contributed by atoms with Crippen LogP contribution in [0.3, 0.4) is 0 Å². The Balaban J connectivity index is 2.03. The average molecular weight is 344 g/mol. The third kappa shape index (κ3) is 3.11. The molecule has 0 N–H and O–H groups in total. The molecule has 2 heterocycles. The van der Waals surface area contributed by atoms with E-state index in [1.807, 2.05) is 18.9 Å². The lowest BCUT2D eigenvalue weighted by atomic mass is 10.2. The molecule has 0 spiro atoms. The molecule has 7 nitrogen and oxygen atoms in total. The number of hydrogen-bond acceptors (Lipinski definition) is 4. The molecule has 1 aromatic heterocycles. The first kappa shape index (κ1) is 17.4. The highest BCUT2D eigenvalue weighted by molar-refractivity contribution is 5.81. The second-order valence-electron chi connectivity index (χ2n) is 6.63. The minimum atomic E-state index is -0.429. The fraction of sp³-hybridized carbons (Fsp3) is 0.500. The minimum absolute atomic E-state index is 0.0479. The molecule has 1 saturated heterocycles. The van der Waals surface area contributed by atoms with Crippen molar-refractivity contribution in [2.75, 3.05) is 26.7 Å². The highest BCUT2D eigenvalue weighted by Crippen LogP contribution is 2.11. The summed E-state index contributed by atoms with van der Waals surface area (Å²) in [6, 6.07) is 7.06. The molecular weight excluding hydrogens is 320 g/mol. The van der Waals surface area contributed by atoms with Gasteiger partial charge in [0, 0.05) is 32.2 Å². The maximum Gasteiger partial charge on any atom is 0.331 e. The van der Waals surface area contributed by atoms with E-state index in [4.69, 9.17) is 0 Å². The van der Waals surface area contributed by atoms with Crippen LogP contribution in [0.5, 0.6) is 0 Å². The van der Waals surface area contributed by atoms with Crippen molar-refractivity contribution in [1.29, 1.82) is 0 Å². The number of carbonyl (C=O) groups is 1. The largest absolute Gasteiger partial charge is 0.336 e. The van der Waals surface area contributed by atoms with Gasteiger partial charge in [0.05, 0.1) is 10.9 Å². The zero-order chi connectivity index (χ0) is 18.1. The van der Waals surface area contributed by atoms with Gasteiger partial charge in [0.2, 0.25) is 5.91 Å². The molecule has 2 aromatic rings. The van der Waals surface area contributed by atoms with Gasteiger partial charge in [0.1, 0.15) is 6.54 Å². The topological polar surface area (TPSA) is 67.6 Å². The van der Waals surface area contributed by atoms with Crippen molar-refractivity contribution in [3.63, 3.8) is 0 Å². The molecule has 1 aliphatic heterocycles. The number of likely N-dealkylation sites (N-methyl/N-ethyl adjacent to an activating group) is 1. The van der Waals surface area contributed by atoms with E-state index in [0.29, 0.717) is 17.4 Å². The summed E-state index contributed by atoms with van der Waals surface area (Å²) in [6.07, 6.45) is 0. The van der Waals surface area contributed by atoms with E-state index in [0.717, 1.165) is 13.1 Å². The first-order chi connectivity index (χ1) is 11.9. The maximum atomic E-state index is 12.8. The van der Waals surface area contributed by atoms with Crippen LogP contribution >= 0.6 is 0 Å². The number of benzene rings is 1. The van der Waals surface area contributed by atoms with Crippen molar-refractivity contribution in [3.05, 3.63) is 45.1 Å². The molecule has 1 amide bonds. The molecular formula is C18H24N4O3. The predicted octanol–water partition coefficient (Wildman–Crippen LogP) is 0.346. The molecule has 1 aromatic carbocycles. The van der Waals surface area contributed by atoms with Gasteiger partial charge in [-0.1, -0.05) is 12.1 Å². The zero-order valence-electron chi connectivity index (χ0n) is 14.9. The summed E-state index contributed by atoms with van der Waals surface area (Å²) in [5.41, 5.74) is -0.224. The summed E-state index contributed by atoms with van der Waals surface area (Å²) in [5, 5.41) is 0.461. The summed E-state index contributed by atoms with van der Waals surface area (Å²) in [7, 11) is 2.04. The maximum absolute atomic E-state index is 12.8. The summed E-state index contributed by atoms with van der Waals surface area (Å²) < 4.78 is 2.61. The lowest BCUT2D eigenvalue weighted by Crippen LogP contribution is -2.54. The minimum Gasteiger partial charge on any atom is -0.336 e. The van der Waals surface area contributed by atoms with Gasteiger partial charge in [-0.15, -0.1) is 0 Å². The summed E-state index contributed by atoms with van der Waals surface area (Å²) in [5.74, 6) is -0.0887. The van der Waals surface area contributed by atoms with E-state index in [1.54, 1.807) is 31.2 Å². The first-order valence-electron chi connectivity index (χ1n) is 8.64. The van der Waals surface area contributed by atoms with Crippen LogP contribution in [0.15, 0.2) is 33.9 Å². The number of para-hydroxylation sites is 1. The number of aromatic nitrogens is 2. The number of rotatable bonds is 3. The van der Waals surface area contributed by atoms with Crippen LogP contribution < -0.4 is 11.2 Å². The van der Waals surface area contributed by atoms with Crippen LogP contribution in [0.2, 0.25) is 0 Å². The van der Waals surface area contributed by atoms with Gasteiger partial charge < -0.3 is 9.80 Å². The zero-order valence-corrected chi connectivity index (χ0v) is 14.9. The Labute approximate surface area is 146 Å². The molecule has 134 valence electrons. The van der Waals surface area contributed by atoms with Crippen LogP contribution in [-0.2, 0) is 17.9 Å². The quantitative estimate of drug-likeness (QED) is 0.806. The molecule has 0 bridgehead atoms. The van der Waals surface area contributed by atoms with Crippen LogP contribution in [0, 0.1) is 0 Å². The van der Waals surface area contributed by atoms with Crippen molar-refractivity contribution in [3.8, 4) is 0 Å². The second-order valence-corrected chi connectivity index (χ2v) is 6.63. The van der Waals surface area contributed by atoms with Gasteiger partial charge in [-0.3, -0.25) is 18.7 Å². The third-order valence-corrected chi connectivity index (χ3v) is 4.89. The van der Waals surface area contributed by atoms with Gasteiger partial charge >= 0.3 is 5.69 Å². The molecule has 1 aliphatic rings. The Hall–Kier alpha value is -2.41. The molecule has 7 heteroatoms. The van der Waals surface area contributed by atoms with Crippen molar-refractivity contribution >= 4 is 16.8 Å². The Bertz CT molecular complexity index is 915. The first-order valence-corrected chi connectivity index (χ1v) is 8.64. The Morgan fingerprint density at radius 1 is 1.16 bits per heavy atom. The van der Waals surface area contributed by atoms with Crippen LogP contribution in [0.4, 0.5) is 0 Å². The molecule has 25 heavy (non-hydrogen) atoms. The summed E-state index contributed by atoms with van der Waals surface area (Å²) in [6.45, 7) is 6.29. The van der Waals surface area contributed by atoms with Gasteiger partial charge in [-0.05, 0) is 33.0 Å². The smallest absolute Gasteiger partial charge is 0.331 e. The summed E-state index contributed by atoms with van der Waals surface area (Å²) >= 11 is 0. The van der Waals surface area contributed by atoms with E-state index in [9.17, 15) is 14.4 Å². The number of piperazine rings is 1. The second kappa shape index (κ2) is 6.84. The highest BCUT2D eigenvalue weighted by atomic mass is 16.2. The lowest BCUT2D eigenvalue weighted by molar-refractivity contribution is -0.136. The lowest BCUT2D eigenvalue weighted by Gasteiger charge is -2.38. The van der Waals surface area contributed by atoms with Gasteiger partial charge in [-0.2, -0.15) is 0 Å². The van der Waals surface area contributed by atoms with E-state index >= 15 is 0 Å². The highest BCUT2D eigenvalue weighted by Gasteiger charge is 2.26. The van der Waals surface area contributed by atoms with Gasteiger partial charge in [0.25, 0.3) is 5.56 Å². The number of fused-ring (bicyclic) bond motifs is 1. The van der Waals surface area contributed by atoms with Gasteiger partial charge in [0.15, 0.2) is 0 Å². The van der Waals surface area contributed by atoms with Crippen molar-refractivity contribution in [2.24, 2.45) is 0 Å². The predicted molar refractivity (Wildman–Crippen MR) is 96.8 cm³/mol. The molecule has 1 atom stereocenters. The SMILES string of the molecule is CCn1c(=O)c2ccccc2n(CC(=O)N2CCN(C)CC2C)c1=O. The average Bonchev–Trinajstić information content (AvgIpc) is 2.59. The van der Waals surface area contributed by atoms with Crippen LogP contribution in [0.1, 0.15) is 13.8 Å². The van der Waals surface area contributed by atoms with Gasteiger partial charge in [-0.25, -0.2) is 4.79 Å². The standard InChI is InChI=1S/C18H24N4O3/c1-4-20-17(24)14-7-5-6-8-15(14)22(18(20)25)12-16(23)21-10-9-19(3)11-13(21)2/h5-8,13H,4,9-12H2,1-3H3. The third-order valence-electron chi connectivity index (χ3n) is 4.89. The summed E-state index contributed by atoms with van der Waals surface area (Å²) in [4.78, 5) is 42.0. The molecule has 0 saturated carbocycles. The Morgan fingerprint density at radius 2 is 1.88 bits per heavy atom. The molecule has 0 aliphatic carbocycles. The fourth-order valence-electron chi connectivity index (χ4n) is 3.54. The Morgan fingerprint density at radius 3 is 2.56 bits per heavy atom. The van der Waals surface area contributed by atoms with Crippen molar-refractivity contribution in [1.82, 2.24) is 18.9 Å². The van der Waals surface area contributed by atoms with Crippen LogP contribution in [-0.4, -0.2) is 57.6 Å². The molecule has 1 unspecified atom stereocenters. The molecule has 3 rings (SSSR count). The normalized spacial score (nSPS) is 18.7. The van der Waals surface area contributed by atoms with Crippen LogP contribution in [0.25, 0.3) is 10.9 Å². The van der Waals surface area contributed by atoms with E-state index in [2.05, 4.69) is 4.90 Å². The number of hydrogen-bond donors (Lipinski definition) is 0. The monoisotopic (exact) mass is 344 g/mol. The molecule has 1 fully saturated rings. The fourth-order valence-corrected chi connectivity index (χ4v) is 3.54. The van der Waals surface area contributed by atoms with E-state index < -0.39 is 5.69 Å². The van der Waals surface area contributed by atoms with E-state index in [1.165, 1.54) is 9.13 Å². The van der Waals surface area contributed by atoms with Crippen molar-refractivity contribution < 1.29 is 4.79 Å². The molecule has 0 radical (unpaired) electrons. The Kier molecular flexibility index (Phi) is 4.76. The van der Waals surface area contributed by atoms with Crippen molar-refractivity contribution in [2.45, 2.75) is 33.0 Å². The number of nitrogens with zero attached hydrogens (tertiary/aromatic N) is 4.